The molecule has 0 radical (unpaired) electrons. The SMILES string of the molecule is CN(C)S(=O)(=O)Oc1ccccc1C(=O)Nc1cccc(Cl)c1. The number of halogens is 1. The largest absolute Gasteiger partial charge is 0.384 e. The molecule has 1 amide bonds. The summed E-state index contributed by atoms with van der Waals surface area (Å²) in [5.74, 6) is -0.558. The quantitative estimate of drug-likeness (QED) is 0.895. The number of hydrogen-bond donors (Lipinski definition) is 1. The lowest BCUT2D eigenvalue weighted by atomic mass is 10.2. The first-order valence-corrected chi connectivity index (χ1v) is 8.32. The molecular weight excluding hydrogens is 340 g/mol. The molecule has 0 fully saturated rings. The highest BCUT2D eigenvalue weighted by Gasteiger charge is 2.20. The number of para-hydroxylation sites is 1. The molecule has 23 heavy (non-hydrogen) atoms. The van der Waals surface area contributed by atoms with E-state index in [0.717, 1.165) is 4.31 Å². The fourth-order valence-electron chi connectivity index (χ4n) is 1.68. The van der Waals surface area contributed by atoms with E-state index in [1.54, 1.807) is 36.4 Å². The van der Waals surface area contributed by atoms with Crippen molar-refractivity contribution in [3.63, 3.8) is 0 Å². The van der Waals surface area contributed by atoms with Crippen molar-refractivity contribution in [3.8, 4) is 5.75 Å². The average molecular weight is 355 g/mol. The van der Waals surface area contributed by atoms with Crippen molar-refractivity contribution in [1.29, 1.82) is 0 Å². The Hall–Kier alpha value is -2.09. The molecule has 0 bridgehead atoms. The Kier molecular flexibility index (Phi) is 5.25. The summed E-state index contributed by atoms with van der Waals surface area (Å²) >= 11 is 5.87. The molecule has 0 unspecified atom stereocenters. The first-order chi connectivity index (χ1) is 10.8. The van der Waals surface area contributed by atoms with Crippen LogP contribution in [0, 0.1) is 0 Å². The van der Waals surface area contributed by atoms with Crippen LogP contribution in [0.1, 0.15) is 10.4 Å². The van der Waals surface area contributed by atoms with Gasteiger partial charge in [0.2, 0.25) is 0 Å². The van der Waals surface area contributed by atoms with Crippen LogP contribution in [-0.4, -0.2) is 32.7 Å². The zero-order chi connectivity index (χ0) is 17.0. The van der Waals surface area contributed by atoms with Crippen molar-refractivity contribution < 1.29 is 17.4 Å². The van der Waals surface area contributed by atoms with E-state index in [1.807, 2.05) is 0 Å². The number of rotatable bonds is 5. The smallest absolute Gasteiger partial charge is 0.370 e. The lowest BCUT2D eigenvalue weighted by Gasteiger charge is -2.14. The Bertz CT molecular complexity index is 822. The minimum Gasteiger partial charge on any atom is -0.370 e. The summed E-state index contributed by atoms with van der Waals surface area (Å²) in [7, 11) is -1.28. The predicted octanol–water partition coefficient (Wildman–Crippen LogP) is 2.78. The molecule has 6 nitrogen and oxygen atoms in total. The minimum absolute atomic E-state index is 0.0549. The number of amides is 1. The molecule has 0 saturated heterocycles. The number of carbonyl (C=O) groups is 1. The van der Waals surface area contributed by atoms with Gasteiger partial charge in [-0.3, -0.25) is 4.79 Å². The molecule has 0 aromatic heterocycles. The Morgan fingerprint density at radius 2 is 1.83 bits per heavy atom. The first kappa shape index (κ1) is 17.3. The van der Waals surface area contributed by atoms with Gasteiger partial charge in [0.1, 0.15) is 0 Å². The second kappa shape index (κ2) is 6.99. The van der Waals surface area contributed by atoms with E-state index in [4.69, 9.17) is 15.8 Å². The van der Waals surface area contributed by atoms with Gasteiger partial charge in [-0.15, -0.1) is 0 Å². The van der Waals surface area contributed by atoms with Crippen LogP contribution in [0.2, 0.25) is 5.02 Å². The zero-order valence-corrected chi connectivity index (χ0v) is 14.1. The lowest BCUT2D eigenvalue weighted by Crippen LogP contribution is -2.28. The number of benzene rings is 2. The molecule has 8 heteroatoms. The zero-order valence-electron chi connectivity index (χ0n) is 12.5. The molecule has 0 spiro atoms. The summed E-state index contributed by atoms with van der Waals surface area (Å²) in [5, 5.41) is 3.12. The average Bonchev–Trinajstić information content (AvgIpc) is 2.47. The summed E-state index contributed by atoms with van der Waals surface area (Å²) in [6, 6.07) is 12.7. The van der Waals surface area contributed by atoms with Crippen molar-refractivity contribution in [2.45, 2.75) is 0 Å². The Morgan fingerprint density at radius 1 is 1.13 bits per heavy atom. The number of carbonyl (C=O) groups excluding carboxylic acids is 1. The molecule has 122 valence electrons. The number of nitrogens with one attached hydrogen (secondary N) is 1. The maximum atomic E-state index is 12.4. The number of anilines is 1. The Labute approximate surface area is 139 Å². The van der Waals surface area contributed by atoms with E-state index >= 15 is 0 Å². The van der Waals surface area contributed by atoms with Crippen LogP contribution in [0.25, 0.3) is 0 Å². The van der Waals surface area contributed by atoms with Gasteiger partial charge >= 0.3 is 10.3 Å². The standard InChI is InChI=1S/C15H15ClN2O4S/c1-18(2)23(20,21)22-14-9-4-3-8-13(14)15(19)17-12-7-5-6-11(16)10-12/h3-10H,1-2H3,(H,17,19). The highest BCUT2D eigenvalue weighted by molar-refractivity contribution is 7.84. The Morgan fingerprint density at radius 3 is 2.48 bits per heavy atom. The van der Waals surface area contributed by atoms with Crippen molar-refractivity contribution in [2.75, 3.05) is 19.4 Å². The van der Waals surface area contributed by atoms with E-state index < -0.39 is 16.2 Å². The molecule has 0 aliphatic carbocycles. The summed E-state index contributed by atoms with van der Waals surface area (Å²) in [6.07, 6.45) is 0. The molecule has 0 heterocycles. The van der Waals surface area contributed by atoms with Gasteiger partial charge in [-0.25, -0.2) is 0 Å². The highest BCUT2D eigenvalue weighted by atomic mass is 35.5. The van der Waals surface area contributed by atoms with Gasteiger partial charge in [-0.2, -0.15) is 12.7 Å². The maximum absolute atomic E-state index is 12.4. The normalized spacial score (nSPS) is 11.3. The molecule has 2 aromatic rings. The van der Waals surface area contributed by atoms with Crippen LogP contribution < -0.4 is 9.50 Å². The van der Waals surface area contributed by atoms with Crippen molar-refractivity contribution in [2.24, 2.45) is 0 Å². The number of hydrogen-bond acceptors (Lipinski definition) is 4. The van der Waals surface area contributed by atoms with Crippen LogP contribution in [0.5, 0.6) is 5.75 Å². The second-order valence-corrected chi connectivity index (χ2v) is 6.97. The van der Waals surface area contributed by atoms with E-state index in [9.17, 15) is 13.2 Å². The molecule has 0 aliphatic heterocycles. The molecule has 1 N–H and O–H groups in total. The maximum Gasteiger partial charge on any atom is 0.384 e. The van der Waals surface area contributed by atoms with Crippen molar-refractivity contribution in [1.82, 2.24) is 4.31 Å². The highest BCUT2D eigenvalue weighted by Crippen LogP contribution is 2.22. The summed E-state index contributed by atoms with van der Waals surface area (Å²) in [4.78, 5) is 12.4. The molecule has 2 rings (SSSR count). The lowest BCUT2D eigenvalue weighted by molar-refractivity contribution is 0.102. The third-order valence-corrected chi connectivity index (χ3v) is 4.38. The van der Waals surface area contributed by atoms with Crippen molar-refractivity contribution >= 4 is 33.5 Å². The van der Waals surface area contributed by atoms with Gasteiger partial charge in [-0.1, -0.05) is 29.8 Å². The number of nitrogens with zero attached hydrogens (tertiary/aromatic N) is 1. The van der Waals surface area contributed by atoms with Crippen LogP contribution in [0.3, 0.4) is 0 Å². The summed E-state index contributed by atoms with van der Waals surface area (Å²) in [5.41, 5.74) is 0.589. The topological polar surface area (TPSA) is 75.7 Å². The molecule has 0 atom stereocenters. The van der Waals surface area contributed by atoms with Gasteiger partial charge in [0.15, 0.2) is 5.75 Å². The first-order valence-electron chi connectivity index (χ1n) is 6.57. The van der Waals surface area contributed by atoms with E-state index in [0.29, 0.717) is 10.7 Å². The summed E-state index contributed by atoms with van der Waals surface area (Å²) < 4.78 is 29.6. The van der Waals surface area contributed by atoms with Gasteiger partial charge in [-0.05, 0) is 30.3 Å². The van der Waals surface area contributed by atoms with Crippen molar-refractivity contribution in [3.05, 3.63) is 59.1 Å². The predicted molar refractivity (Wildman–Crippen MR) is 89.1 cm³/mol. The molecular formula is C15H15ClN2O4S. The van der Waals surface area contributed by atoms with Gasteiger partial charge < -0.3 is 9.50 Å². The van der Waals surface area contributed by atoms with Crippen LogP contribution in [-0.2, 0) is 10.3 Å². The van der Waals surface area contributed by atoms with Crippen LogP contribution in [0.4, 0.5) is 5.69 Å². The van der Waals surface area contributed by atoms with Gasteiger partial charge in [0, 0.05) is 24.8 Å². The van der Waals surface area contributed by atoms with Crippen LogP contribution in [0.15, 0.2) is 48.5 Å². The van der Waals surface area contributed by atoms with E-state index in [2.05, 4.69) is 5.32 Å². The van der Waals surface area contributed by atoms with Gasteiger partial charge in [0.25, 0.3) is 5.91 Å². The van der Waals surface area contributed by atoms with E-state index in [1.165, 1.54) is 26.2 Å². The molecule has 2 aromatic carbocycles. The fourth-order valence-corrected chi connectivity index (χ4v) is 2.39. The van der Waals surface area contributed by atoms with E-state index in [-0.39, 0.29) is 11.3 Å². The third-order valence-electron chi connectivity index (χ3n) is 2.86. The molecule has 0 aliphatic rings. The minimum atomic E-state index is -3.95. The summed E-state index contributed by atoms with van der Waals surface area (Å²) in [6.45, 7) is 0. The fraction of sp³-hybridized carbons (Fsp3) is 0.133. The third kappa shape index (κ3) is 4.44. The Balaban J connectivity index is 2.28. The molecule has 0 saturated carbocycles. The van der Waals surface area contributed by atoms with Gasteiger partial charge in [0.05, 0.1) is 5.56 Å². The van der Waals surface area contributed by atoms with Crippen LogP contribution >= 0.6 is 11.6 Å². The monoisotopic (exact) mass is 354 g/mol. The second-order valence-electron chi connectivity index (χ2n) is 4.78.